The monoisotopic (exact) mass is 278 g/mol. The Labute approximate surface area is 99.6 Å². The normalized spacial score (nSPS) is 13.7. The number of carbonyl (C=O) groups is 1. The van der Waals surface area contributed by atoms with Gasteiger partial charge in [-0.1, -0.05) is 0 Å². The number of carbonyl (C=O) groups excluding carboxylic acids is 1. The van der Waals surface area contributed by atoms with Crippen molar-refractivity contribution in [2.75, 3.05) is 0 Å². The summed E-state index contributed by atoms with van der Waals surface area (Å²) in [4.78, 5) is 15.5. The fourth-order valence-electron chi connectivity index (χ4n) is 1.62. The number of fused-ring (bicyclic) bond motifs is 1. The third kappa shape index (κ3) is 1.42. The summed E-state index contributed by atoms with van der Waals surface area (Å²) in [6.07, 6.45) is 3.42. The number of halogens is 1. The standard InChI is InChI=1S/C10H7BrN4O/c11-9-2-1-6(3-12-9)15-5-7-8(14-15)4-13-10(7)16/h1-3,5H,4H2,(H,13,16). The minimum Gasteiger partial charge on any atom is -0.346 e. The van der Waals surface area contributed by atoms with Crippen LogP contribution in [0.2, 0.25) is 0 Å². The smallest absolute Gasteiger partial charge is 0.255 e. The molecule has 3 heterocycles. The summed E-state index contributed by atoms with van der Waals surface area (Å²) in [5.74, 6) is -0.0636. The third-order valence-corrected chi connectivity index (χ3v) is 2.90. The van der Waals surface area contributed by atoms with Gasteiger partial charge in [0.05, 0.1) is 29.7 Å². The van der Waals surface area contributed by atoms with Crippen molar-refractivity contribution in [1.29, 1.82) is 0 Å². The van der Waals surface area contributed by atoms with Crippen LogP contribution in [0.1, 0.15) is 16.1 Å². The molecule has 1 aliphatic heterocycles. The Hall–Kier alpha value is -1.69. The molecule has 0 saturated heterocycles. The molecule has 1 N–H and O–H groups in total. The molecule has 0 saturated carbocycles. The van der Waals surface area contributed by atoms with E-state index in [4.69, 9.17) is 0 Å². The first-order valence-electron chi connectivity index (χ1n) is 4.73. The van der Waals surface area contributed by atoms with E-state index in [9.17, 15) is 4.79 Å². The second-order valence-electron chi connectivity index (χ2n) is 3.46. The first kappa shape index (κ1) is 9.53. The SMILES string of the molecule is O=C1NCc2nn(-c3ccc(Br)nc3)cc21. The van der Waals surface area contributed by atoms with Crippen molar-refractivity contribution >= 4 is 21.8 Å². The molecule has 80 valence electrons. The first-order chi connectivity index (χ1) is 7.74. The van der Waals surface area contributed by atoms with Gasteiger partial charge in [-0.25, -0.2) is 9.67 Å². The summed E-state index contributed by atoms with van der Waals surface area (Å²) in [6, 6.07) is 3.72. The molecule has 0 aromatic carbocycles. The lowest BCUT2D eigenvalue weighted by molar-refractivity contribution is 0.0965. The largest absolute Gasteiger partial charge is 0.346 e. The number of hydrogen-bond acceptors (Lipinski definition) is 3. The quantitative estimate of drug-likeness (QED) is 0.800. The van der Waals surface area contributed by atoms with Gasteiger partial charge in [-0.2, -0.15) is 5.10 Å². The van der Waals surface area contributed by atoms with Crippen molar-refractivity contribution in [3.8, 4) is 5.69 Å². The highest BCUT2D eigenvalue weighted by atomic mass is 79.9. The minimum atomic E-state index is -0.0636. The lowest BCUT2D eigenvalue weighted by Crippen LogP contribution is -2.14. The predicted molar refractivity (Wildman–Crippen MR) is 60.2 cm³/mol. The number of nitrogens with zero attached hydrogens (tertiary/aromatic N) is 3. The van der Waals surface area contributed by atoms with Crippen LogP contribution in [0.3, 0.4) is 0 Å². The Morgan fingerprint density at radius 3 is 3.00 bits per heavy atom. The zero-order chi connectivity index (χ0) is 11.1. The molecule has 0 unspecified atom stereocenters. The van der Waals surface area contributed by atoms with Crippen LogP contribution in [0, 0.1) is 0 Å². The van der Waals surface area contributed by atoms with Gasteiger partial charge in [0.25, 0.3) is 5.91 Å². The molecule has 2 aromatic rings. The molecule has 1 amide bonds. The number of rotatable bonds is 1. The van der Waals surface area contributed by atoms with Crippen LogP contribution in [-0.4, -0.2) is 20.7 Å². The Morgan fingerprint density at radius 1 is 1.44 bits per heavy atom. The Balaban J connectivity index is 2.05. The van der Waals surface area contributed by atoms with Crippen molar-refractivity contribution in [3.63, 3.8) is 0 Å². The summed E-state index contributed by atoms with van der Waals surface area (Å²) >= 11 is 3.27. The Bertz CT molecular complexity index is 561. The third-order valence-electron chi connectivity index (χ3n) is 2.43. The summed E-state index contributed by atoms with van der Waals surface area (Å²) in [6.45, 7) is 0.505. The highest BCUT2D eigenvalue weighted by Crippen LogP contribution is 2.16. The van der Waals surface area contributed by atoms with Crippen LogP contribution in [0.15, 0.2) is 29.1 Å². The number of hydrogen-bond donors (Lipinski definition) is 1. The van der Waals surface area contributed by atoms with E-state index in [0.29, 0.717) is 12.1 Å². The number of nitrogens with one attached hydrogen (secondary N) is 1. The van der Waals surface area contributed by atoms with Gasteiger partial charge in [-0.05, 0) is 28.1 Å². The molecule has 0 spiro atoms. The van der Waals surface area contributed by atoms with E-state index in [-0.39, 0.29) is 5.91 Å². The van der Waals surface area contributed by atoms with E-state index in [1.165, 1.54) is 0 Å². The van der Waals surface area contributed by atoms with Gasteiger partial charge in [0.1, 0.15) is 4.60 Å². The van der Waals surface area contributed by atoms with Crippen LogP contribution < -0.4 is 5.32 Å². The molecule has 1 aliphatic rings. The maximum absolute atomic E-state index is 11.4. The van der Waals surface area contributed by atoms with Crippen LogP contribution in [0.25, 0.3) is 5.69 Å². The lowest BCUT2D eigenvalue weighted by Gasteiger charge is -2.00. The number of pyridine rings is 1. The lowest BCUT2D eigenvalue weighted by atomic mass is 10.3. The van der Waals surface area contributed by atoms with Crippen molar-refractivity contribution in [3.05, 3.63) is 40.4 Å². The number of aromatic nitrogens is 3. The van der Waals surface area contributed by atoms with Crippen LogP contribution in [-0.2, 0) is 6.54 Å². The molecule has 16 heavy (non-hydrogen) atoms. The summed E-state index contributed by atoms with van der Waals surface area (Å²) < 4.78 is 2.44. The van der Waals surface area contributed by atoms with Crippen molar-refractivity contribution in [2.24, 2.45) is 0 Å². The maximum Gasteiger partial charge on any atom is 0.255 e. The molecule has 6 heteroatoms. The molecule has 0 radical (unpaired) electrons. The summed E-state index contributed by atoms with van der Waals surface area (Å²) in [7, 11) is 0. The van der Waals surface area contributed by atoms with E-state index in [2.05, 4.69) is 31.3 Å². The fourth-order valence-corrected chi connectivity index (χ4v) is 1.86. The molecule has 0 aliphatic carbocycles. The molecule has 2 aromatic heterocycles. The molecular weight excluding hydrogens is 272 g/mol. The maximum atomic E-state index is 11.4. The Morgan fingerprint density at radius 2 is 2.31 bits per heavy atom. The number of amides is 1. The average molecular weight is 279 g/mol. The first-order valence-corrected chi connectivity index (χ1v) is 5.52. The van der Waals surface area contributed by atoms with E-state index >= 15 is 0 Å². The average Bonchev–Trinajstić information content (AvgIpc) is 2.83. The van der Waals surface area contributed by atoms with Gasteiger partial charge < -0.3 is 5.32 Å². The zero-order valence-electron chi connectivity index (χ0n) is 8.14. The summed E-state index contributed by atoms with van der Waals surface area (Å²) in [5, 5.41) is 7.03. The fraction of sp³-hybridized carbons (Fsp3) is 0.100. The van der Waals surface area contributed by atoms with Gasteiger partial charge in [-0.3, -0.25) is 4.79 Å². The molecule has 0 bridgehead atoms. The molecule has 3 rings (SSSR count). The van der Waals surface area contributed by atoms with Gasteiger partial charge in [-0.15, -0.1) is 0 Å². The predicted octanol–water partition coefficient (Wildman–Crippen LogP) is 1.27. The minimum absolute atomic E-state index is 0.0636. The van der Waals surface area contributed by atoms with Crippen molar-refractivity contribution < 1.29 is 4.79 Å². The van der Waals surface area contributed by atoms with Crippen LogP contribution >= 0.6 is 15.9 Å². The summed E-state index contributed by atoms with van der Waals surface area (Å²) in [5.41, 5.74) is 2.27. The second kappa shape index (κ2) is 3.41. The van der Waals surface area contributed by atoms with E-state index < -0.39 is 0 Å². The van der Waals surface area contributed by atoms with Gasteiger partial charge in [0.15, 0.2) is 0 Å². The van der Waals surface area contributed by atoms with Crippen LogP contribution in [0.5, 0.6) is 0 Å². The molecule has 5 nitrogen and oxygen atoms in total. The molecular formula is C10H7BrN4O. The topological polar surface area (TPSA) is 59.8 Å². The Kier molecular flexibility index (Phi) is 2.03. The highest BCUT2D eigenvalue weighted by molar-refractivity contribution is 9.10. The van der Waals surface area contributed by atoms with E-state index in [1.54, 1.807) is 17.1 Å². The molecule has 0 fully saturated rings. The zero-order valence-corrected chi connectivity index (χ0v) is 9.73. The van der Waals surface area contributed by atoms with Crippen molar-refractivity contribution in [2.45, 2.75) is 6.54 Å². The molecule has 0 atom stereocenters. The van der Waals surface area contributed by atoms with Gasteiger partial charge in [0, 0.05) is 6.20 Å². The van der Waals surface area contributed by atoms with Gasteiger partial charge >= 0.3 is 0 Å². The van der Waals surface area contributed by atoms with Crippen LogP contribution in [0.4, 0.5) is 0 Å². The van der Waals surface area contributed by atoms with E-state index in [0.717, 1.165) is 16.0 Å². The van der Waals surface area contributed by atoms with Crippen molar-refractivity contribution in [1.82, 2.24) is 20.1 Å². The second-order valence-corrected chi connectivity index (χ2v) is 4.27. The van der Waals surface area contributed by atoms with Gasteiger partial charge in [0.2, 0.25) is 0 Å². The highest BCUT2D eigenvalue weighted by Gasteiger charge is 2.22. The van der Waals surface area contributed by atoms with E-state index in [1.807, 2.05) is 12.1 Å².